The first-order valence-electron chi connectivity index (χ1n) is 9.08. The van der Waals surface area contributed by atoms with Crippen LogP contribution in [0.3, 0.4) is 0 Å². The van der Waals surface area contributed by atoms with Gasteiger partial charge in [-0.15, -0.1) is 0 Å². The molecule has 0 aromatic heterocycles. The largest absolute Gasteiger partial charge is 0.371 e. The minimum absolute atomic E-state index is 0.0215. The molecule has 1 saturated heterocycles. The Morgan fingerprint density at radius 1 is 1.30 bits per heavy atom. The van der Waals surface area contributed by atoms with Crippen LogP contribution in [-0.4, -0.2) is 77.3 Å². The molecular formula is C18H25N5O5S2. The summed E-state index contributed by atoms with van der Waals surface area (Å²) in [5.74, 6) is -0.627. The smallest absolute Gasteiger partial charge is 0.267 e. The summed E-state index contributed by atoms with van der Waals surface area (Å²) in [5.41, 5.74) is 0.102. The van der Waals surface area contributed by atoms with Crippen LogP contribution in [0.5, 0.6) is 0 Å². The second-order valence-electron chi connectivity index (χ2n) is 7.28. The number of anilines is 1. The zero-order valence-corrected chi connectivity index (χ0v) is 18.4. The van der Waals surface area contributed by atoms with Gasteiger partial charge in [0.1, 0.15) is 11.6 Å². The fraction of sp³-hybridized carbons (Fsp3) is 0.444. The summed E-state index contributed by atoms with van der Waals surface area (Å²) in [5, 5.41) is 17.0. The molecule has 1 aliphatic rings. The second-order valence-corrected chi connectivity index (χ2v) is 11.1. The summed E-state index contributed by atoms with van der Waals surface area (Å²) in [6.45, 7) is 1.07. The molecule has 0 aliphatic carbocycles. The molecule has 30 heavy (non-hydrogen) atoms. The van der Waals surface area contributed by atoms with Gasteiger partial charge in [0.2, 0.25) is 10.0 Å². The molecule has 164 valence electrons. The summed E-state index contributed by atoms with van der Waals surface area (Å²) < 4.78 is 46.3. The highest BCUT2D eigenvalue weighted by Crippen LogP contribution is 2.19. The Labute approximate surface area is 176 Å². The third-order valence-electron chi connectivity index (χ3n) is 4.58. The standard InChI is InChI=1S/C18H25N5O5S2/c1-22(2)8-9-23(16-7-10-29(25,26)13-16)12-14(11-19)18(24)21-15-3-5-17(6-4-15)30(20,27)28/h3-6,12,16H,7-10,13H2,1-2H3,(H,21,24)(H2,20,27,28)/b14-12-. The number of primary sulfonamides is 1. The molecule has 0 saturated carbocycles. The summed E-state index contributed by atoms with van der Waals surface area (Å²) >= 11 is 0. The van der Waals surface area contributed by atoms with Gasteiger partial charge < -0.3 is 15.1 Å². The van der Waals surface area contributed by atoms with Crippen LogP contribution >= 0.6 is 0 Å². The minimum Gasteiger partial charge on any atom is -0.371 e. The van der Waals surface area contributed by atoms with Crippen LogP contribution in [0.4, 0.5) is 5.69 Å². The molecular weight excluding hydrogens is 430 g/mol. The van der Waals surface area contributed by atoms with Crippen molar-refractivity contribution in [3.05, 3.63) is 36.0 Å². The first-order chi connectivity index (χ1) is 13.9. The van der Waals surface area contributed by atoms with Crippen molar-refractivity contribution < 1.29 is 21.6 Å². The van der Waals surface area contributed by atoms with E-state index >= 15 is 0 Å². The molecule has 1 aliphatic heterocycles. The van der Waals surface area contributed by atoms with E-state index in [0.29, 0.717) is 19.5 Å². The molecule has 1 amide bonds. The minimum atomic E-state index is -3.85. The number of amides is 1. The maximum Gasteiger partial charge on any atom is 0.267 e. The highest BCUT2D eigenvalue weighted by molar-refractivity contribution is 7.91. The average Bonchev–Trinajstić information content (AvgIpc) is 3.01. The van der Waals surface area contributed by atoms with Gasteiger partial charge in [-0.3, -0.25) is 4.79 Å². The number of likely N-dealkylation sites (N-methyl/N-ethyl adjacent to an activating group) is 1. The fourth-order valence-electron chi connectivity index (χ4n) is 2.94. The van der Waals surface area contributed by atoms with E-state index < -0.39 is 25.8 Å². The van der Waals surface area contributed by atoms with Gasteiger partial charge in [-0.05, 0) is 44.8 Å². The molecule has 0 spiro atoms. The number of sulfone groups is 1. The lowest BCUT2D eigenvalue weighted by atomic mass is 10.2. The van der Waals surface area contributed by atoms with Crippen molar-refractivity contribution in [2.45, 2.75) is 17.4 Å². The molecule has 0 bridgehead atoms. The number of nitrogens with one attached hydrogen (secondary N) is 1. The number of nitrogens with zero attached hydrogens (tertiary/aromatic N) is 3. The molecule has 1 fully saturated rings. The van der Waals surface area contributed by atoms with Crippen LogP contribution in [0, 0.1) is 11.3 Å². The number of hydrogen-bond acceptors (Lipinski definition) is 8. The Balaban J connectivity index is 2.20. The van der Waals surface area contributed by atoms with E-state index in [1.165, 1.54) is 30.5 Å². The van der Waals surface area contributed by atoms with Crippen molar-refractivity contribution in [1.29, 1.82) is 5.26 Å². The molecule has 2 rings (SSSR count). The predicted molar refractivity (Wildman–Crippen MR) is 112 cm³/mol. The van der Waals surface area contributed by atoms with Gasteiger partial charge in [-0.25, -0.2) is 22.0 Å². The van der Waals surface area contributed by atoms with Gasteiger partial charge in [0.25, 0.3) is 5.91 Å². The van der Waals surface area contributed by atoms with E-state index in [9.17, 15) is 26.9 Å². The Morgan fingerprint density at radius 3 is 2.40 bits per heavy atom. The van der Waals surface area contributed by atoms with Crippen molar-refractivity contribution in [3.63, 3.8) is 0 Å². The van der Waals surface area contributed by atoms with E-state index in [2.05, 4.69) is 5.32 Å². The van der Waals surface area contributed by atoms with Gasteiger partial charge in [0.05, 0.1) is 16.4 Å². The average molecular weight is 456 g/mol. The molecule has 1 atom stereocenters. The van der Waals surface area contributed by atoms with Gasteiger partial charge in [0, 0.05) is 31.0 Å². The van der Waals surface area contributed by atoms with Crippen LogP contribution in [0.1, 0.15) is 6.42 Å². The molecule has 1 unspecified atom stereocenters. The lowest BCUT2D eigenvalue weighted by Crippen LogP contribution is -2.37. The SMILES string of the molecule is CN(C)CCN(/C=C(/C#N)C(=O)Nc1ccc(S(N)(=O)=O)cc1)C1CCS(=O)(=O)C1. The van der Waals surface area contributed by atoms with E-state index in [-0.39, 0.29) is 33.7 Å². The number of rotatable bonds is 8. The number of sulfonamides is 1. The number of carbonyl (C=O) groups excluding carboxylic acids is 1. The zero-order chi connectivity index (χ0) is 22.5. The fourth-order valence-corrected chi connectivity index (χ4v) is 5.19. The van der Waals surface area contributed by atoms with Crippen LogP contribution < -0.4 is 10.5 Å². The quantitative estimate of drug-likeness (QED) is 0.401. The zero-order valence-electron chi connectivity index (χ0n) is 16.8. The van der Waals surface area contributed by atoms with Crippen molar-refractivity contribution in [3.8, 4) is 6.07 Å². The van der Waals surface area contributed by atoms with E-state index in [1.54, 1.807) is 4.90 Å². The monoisotopic (exact) mass is 455 g/mol. The summed E-state index contributed by atoms with van der Waals surface area (Å²) in [6.07, 6.45) is 1.82. The van der Waals surface area contributed by atoms with Crippen molar-refractivity contribution in [2.75, 3.05) is 44.0 Å². The predicted octanol–water partition coefficient (Wildman–Crippen LogP) is -0.269. The lowest BCUT2D eigenvalue weighted by Gasteiger charge is -2.28. The third-order valence-corrected chi connectivity index (χ3v) is 7.26. The molecule has 10 nitrogen and oxygen atoms in total. The number of benzene rings is 1. The summed E-state index contributed by atoms with van der Waals surface area (Å²) in [6, 6.07) is 6.75. The van der Waals surface area contributed by atoms with Crippen molar-refractivity contribution in [2.24, 2.45) is 5.14 Å². The third kappa shape index (κ3) is 6.81. The number of nitriles is 1. The van der Waals surface area contributed by atoms with Crippen molar-refractivity contribution in [1.82, 2.24) is 9.80 Å². The van der Waals surface area contributed by atoms with Crippen molar-refractivity contribution >= 4 is 31.5 Å². The topological polar surface area (TPSA) is 154 Å². The molecule has 3 N–H and O–H groups in total. The molecule has 1 aromatic carbocycles. The van der Waals surface area contributed by atoms with E-state index in [4.69, 9.17) is 5.14 Å². The van der Waals surface area contributed by atoms with E-state index in [1.807, 2.05) is 25.1 Å². The van der Waals surface area contributed by atoms with Crippen LogP contribution in [0.2, 0.25) is 0 Å². The molecule has 1 heterocycles. The first-order valence-corrected chi connectivity index (χ1v) is 12.4. The summed E-state index contributed by atoms with van der Waals surface area (Å²) in [4.78, 5) is 16.1. The second kappa shape index (κ2) is 9.57. The molecule has 0 radical (unpaired) electrons. The number of hydrogen-bond donors (Lipinski definition) is 2. The lowest BCUT2D eigenvalue weighted by molar-refractivity contribution is -0.112. The van der Waals surface area contributed by atoms with Crippen LogP contribution in [0.15, 0.2) is 40.9 Å². The molecule has 1 aromatic rings. The maximum atomic E-state index is 12.5. The van der Waals surface area contributed by atoms with Gasteiger partial charge in [0.15, 0.2) is 9.84 Å². The summed E-state index contributed by atoms with van der Waals surface area (Å²) in [7, 11) is -3.24. The Kier molecular flexibility index (Phi) is 7.59. The highest BCUT2D eigenvalue weighted by Gasteiger charge is 2.31. The number of carbonyl (C=O) groups is 1. The first kappa shape index (κ1) is 23.8. The molecule has 12 heteroatoms. The maximum absolute atomic E-state index is 12.5. The van der Waals surface area contributed by atoms with Crippen LogP contribution in [-0.2, 0) is 24.7 Å². The van der Waals surface area contributed by atoms with Gasteiger partial charge in [-0.1, -0.05) is 0 Å². The highest BCUT2D eigenvalue weighted by atomic mass is 32.2. The van der Waals surface area contributed by atoms with Gasteiger partial charge in [-0.2, -0.15) is 5.26 Å². The normalized spacial score (nSPS) is 18.8. The van der Waals surface area contributed by atoms with Gasteiger partial charge >= 0.3 is 0 Å². The van der Waals surface area contributed by atoms with Crippen LogP contribution in [0.25, 0.3) is 0 Å². The Bertz CT molecular complexity index is 1060. The van der Waals surface area contributed by atoms with E-state index in [0.717, 1.165) is 0 Å². The Hall–Kier alpha value is -2.46. The number of nitrogens with two attached hydrogens (primary N) is 1. The Morgan fingerprint density at radius 2 is 1.93 bits per heavy atom.